The molecular formula is C26H54. The smallest absolute Gasteiger partial charge is 0.0443 e. The van der Waals surface area contributed by atoms with E-state index in [1.54, 1.807) is 0 Å². The second-order valence-electron chi connectivity index (χ2n) is 9.58. The van der Waals surface area contributed by atoms with Crippen LogP contribution in [0, 0.1) is 17.8 Å². The van der Waals surface area contributed by atoms with Gasteiger partial charge in [0.1, 0.15) is 0 Å². The summed E-state index contributed by atoms with van der Waals surface area (Å²) in [5, 5.41) is 0. The molecule has 0 spiro atoms. The van der Waals surface area contributed by atoms with Crippen molar-refractivity contribution >= 4 is 0 Å². The van der Waals surface area contributed by atoms with Crippen molar-refractivity contribution in [3.8, 4) is 0 Å². The van der Waals surface area contributed by atoms with E-state index in [1.165, 1.54) is 116 Å². The molecule has 0 rings (SSSR count). The van der Waals surface area contributed by atoms with E-state index in [1.807, 2.05) is 0 Å². The summed E-state index contributed by atoms with van der Waals surface area (Å²) in [5.74, 6) is 2.85. The van der Waals surface area contributed by atoms with Crippen molar-refractivity contribution in [2.45, 2.75) is 150 Å². The van der Waals surface area contributed by atoms with Crippen LogP contribution in [-0.2, 0) is 0 Å². The van der Waals surface area contributed by atoms with Crippen LogP contribution >= 0.6 is 0 Å². The van der Waals surface area contributed by atoms with Gasteiger partial charge in [-0.15, -0.1) is 0 Å². The lowest BCUT2D eigenvalue weighted by Gasteiger charge is -2.15. The van der Waals surface area contributed by atoms with E-state index < -0.39 is 0 Å². The van der Waals surface area contributed by atoms with E-state index in [0.717, 1.165) is 17.8 Å². The first-order valence-corrected chi connectivity index (χ1v) is 12.6. The maximum Gasteiger partial charge on any atom is -0.0443 e. The summed E-state index contributed by atoms with van der Waals surface area (Å²) in [4.78, 5) is 0. The average molecular weight is 367 g/mol. The number of hydrogen-bond acceptors (Lipinski definition) is 0. The third-order valence-electron chi connectivity index (χ3n) is 6.37. The van der Waals surface area contributed by atoms with Crippen molar-refractivity contribution in [2.75, 3.05) is 0 Å². The van der Waals surface area contributed by atoms with Crippen LogP contribution in [0.2, 0.25) is 0 Å². The molecule has 0 nitrogen and oxygen atoms in total. The Bertz CT molecular complexity index is 257. The largest absolute Gasteiger partial charge is 0.0654 e. The van der Waals surface area contributed by atoms with Crippen LogP contribution in [0.1, 0.15) is 150 Å². The zero-order valence-electron chi connectivity index (χ0n) is 19.5. The molecule has 0 aromatic carbocycles. The lowest BCUT2D eigenvalue weighted by atomic mass is 9.91. The Labute approximate surface area is 168 Å². The Morgan fingerprint density at radius 1 is 0.346 bits per heavy atom. The van der Waals surface area contributed by atoms with Crippen molar-refractivity contribution in [2.24, 2.45) is 17.8 Å². The summed E-state index contributed by atoms with van der Waals surface area (Å²) >= 11 is 0. The van der Waals surface area contributed by atoms with E-state index in [0.29, 0.717) is 0 Å². The minimum absolute atomic E-state index is 0.948. The van der Waals surface area contributed by atoms with Crippen LogP contribution in [0.15, 0.2) is 0 Å². The van der Waals surface area contributed by atoms with Crippen molar-refractivity contribution in [1.29, 1.82) is 0 Å². The fourth-order valence-corrected chi connectivity index (χ4v) is 4.36. The van der Waals surface area contributed by atoms with Crippen LogP contribution in [0.25, 0.3) is 0 Å². The predicted molar refractivity (Wildman–Crippen MR) is 122 cm³/mol. The van der Waals surface area contributed by atoms with Gasteiger partial charge in [-0.3, -0.25) is 0 Å². The molecule has 0 fully saturated rings. The second kappa shape index (κ2) is 19.8. The molecule has 26 heavy (non-hydrogen) atoms. The van der Waals surface area contributed by atoms with Crippen molar-refractivity contribution in [1.82, 2.24) is 0 Å². The highest BCUT2D eigenvalue weighted by Gasteiger charge is 2.07. The fraction of sp³-hybridized carbons (Fsp3) is 1.00. The standard InChI is InChI=1S/C26H54/c1-6-8-9-10-11-12-13-14-15-19-25(4)21-17-23-26(5)22-16-20-24(3)18-7-2/h24-26H,6-23H2,1-5H3. The first-order chi connectivity index (χ1) is 12.6. The third kappa shape index (κ3) is 18.8. The summed E-state index contributed by atoms with van der Waals surface area (Å²) in [5.41, 5.74) is 0. The maximum atomic E-state index is 2.49. The zero-order valence-corrected chi connectivity index (χ0v) is 19.5. The first kappa shape index (κ1) is 26.0. The van der Waals surface area contributed by atoms with Gasteiger partial charge >= 0.3 is 0 Å². The number of rotatable bonds is 20. The van der Waals surface area contributed by atoms with Gasteiger partial charge in [-0.2, -0.15) is 0 Å². The van der Waals surface area contributed by atoms with Gasteiger partial charge in [0, 0.05) is 0 Å². The van der Waals surface area contributed by atoms with E-state index >= 15 is 0 Å². The Morgan fingerprint density at radius 2 is 0.692 bits per heavy atom. The highest BCUT2D eigenvalue weighted by Crippen LogP contribution is 2.22. The molecule has 0 amide bonds. The van der Waals surface area contributed by atoms with Gasteiger partial charge < -0.3 is 0 Å². The van der Waals surface area contributed by atoms with Gasteiger partial charge in [0.05, 0.1) is 0 Å². The maximum absolute atomic E-state index is 2.49. The molecule has 0 heterocycles. The van der Waals surface area contributed by atoms with E-state index in [9.17, 15) is 0 Å². The molecule has 0 radical (unpaired) electrons. The molecule has 0 aliphatic carbocycles. The molecule has 3 unspecified atom stereocenters. The quantitative estimate of drug-likeness (QED) is 0.188. The van der Waals surface area contributed by atoms with Crippen molar-refractivity contribution in [3.63, 3.8) is 0 Å². The predicted octanol–water partition coefficient (Wildman–Crippen LogP) is 9.96. The summed E-state index contributed by atoms with van der Waals surface area (Å²) in [6, 6.07) is 0. The van der Waals surface area contributed by atoms with Gasteiger partial charge in [-0.05, 0) is 17.8 Å². The Kier molecular flexibility index (Phi) is 19.8. The topological polar surface area (TPSA) is 0 Å². The van der Waals surface area contributed by atoms with Gasteiger partial charge in [-0.1, -0.05) is 150 Å². The van der Waals surface area contributed by atoms with Crippen molar-refractivity contribution < 1.29 is 0 Å². The van der Waals surface area contributed by atoms with Gasteiger partial charge in [-0.25, -0.2) is 0 Å². The second-order valence-corrected chi connectivity index (χ2v) is 9.58. The number of unbranched alkanes of at least 4 members (excludes halogenated alkanes) is 8. The minimum atomic E-state index is 0.948. The Hall–Kier alpha value is 0. The van der Waals surface area contributed by atoms with Gasteiger partial charge in [0.2, 0.25) is 0 Å². The average Bonchev–Trinajstić information content (AvgIpc) is 2.60. The van der Waals surface area contributed by atoms with Crippen LogP contribution in [-0.4, -0.2) is 0 Å². The lowest BCUT2D eigenvalue weighted by Crippen LogP contribution is -2.01. The van der Waals surface area contributed by atoms with Crippen molar-refractivity contribution in [3.05, 3.63) is 0 Å². The molecular weight excluding hydrogens is 312 g/mol. The first-order valence-electron chi connectivity index (χ1n) is 12.6. The highest BCUT2D eigenvalue weighted by molar-refractivity contribution is 4.60. The van der Waals surface area contributed by atoms with Crippen LogP contribution < -0.4 is 0 Å². The molecule has 0 saturated carbocycles. The molecule has 0 aromatic heterocycles. The summed E-state index contributed by atoms with van der Waals surface area (Å²) in [7, 11) is 0. The van der Waals surface area contributed by atoms with Gasteiger partial charge in [0.15, 0.2) is 0 Å². The monoisotopic (exact) mass is 366 g/mol. The van der Waals surface area contributed by atoms with E-state index in [-0.39, 0.29) is 0 Å². The Morgan fingerprint density at radius 3 is 1.12 bits per heavy atom. The van der Waals surface area contributed by atoms with Gasteiger partial charge in [0.25, 0.3) is 0 Å². The van der Waals surface area contributed by atoms with Crippen LogP contribution in [0.4, 0.5) is 0 Å². The minimum Gasteiger partial charge on any atom is -0.0654 e. The molecule has 158 valence electrons. The normalized spacial score (nSPS) is 15.1. The molecule has 0 aromatic rings. The third-order valence-corrected chi connectivity index (χ3v) is 6.37. The molecule has 0 aliphatic rings. The zero-order chi connectivity index (χ0) is 19.5. The van der Waals surface area contributed by atoms with E-state index in [4.69, 9.17) is 0 Å². The highest BCUT2D eigenvalue weighted by atomic mass is 14.1. The van der Waals surface area contributed by atoms with Crippen LogP contribution in [0.5, 0.6) is 0 Å². The van der Waals surface area contributed by atoms with Crippen LogP contribution in [0.3, 0.4) is 0 Å². The fourth-order valence-electron chi connectivity index (χ4n) is 4.36. The van der Waals surface area contributed by atoms with E-state index in [2.05, 4.69) is 34.6 Å². The lowest BCUT2D eigenvalue weighted by molar-refractivity contribution is 0.377. The molecule has 0 heteroatoms. The summed E-state index contributed by atoms with van der Waals surface area (Å²) in [6.45, 7) is 12.0. The SMILES string of the molecule is CCCCCCCCCCCC(C)CCCC(C)CCCC(C)CCC. The molecule has 3 atom stereocenters. The Balaban J connectivity index is 3.36. The molecule has 0 bridgehead atoms. The molecule has 0 N–H and O–H groups in total. The summed E-state index contributed by atoms with van der Waals surface area (Å²) in [6.07, 6.45) is 26.1. The summed E-state index contributed by atoms with van der Waals surface area (Å²) < 4.78 is 0. The number of hydrogen-bond donors (Lipinski definition) is 0. The molecule has 0 saturated heterocycles. The molecule has 0 aliphatic heterocycles.